The summed E-state index contributed by atoms with van der Waals surface area (Å²) < 4.78 is 18.0. The van der Waals surface area contributed by atoms with Crippen LogP contribution >= 0.6 is 0 Å². The van der Waals surface area contributed by atoms with Crippen molar-refractivity contribution in [2.24, 2.45) is 0 Å². The zero-order valence-electron chi connectivity index (χ0n) is 9.30. The van der Waals surface area contributed by atoms with Crippen molar-refractivity contribution < 1.29 is 19.0 Å². The zero-order chi connectivity index (χ0) is 12.3. The van der Waals surface area contributed by atoms with Gasteiger partial charge in [-0.05, 0) is 18.6 Å². The molecule has 1 aliphatic heterocycles. The maximum Gasteiger partial charge on any atom is 0.260 e. The van der Waals surface area contributed by atoms with E-state index in [0.717, 1.165) is 0 Å². The second-order valence-electron chi connectivity index (χ2n) is 4.03. The molecule has 1 heterocycles. The van der Waals surface area contributed by atoms with Crippen LogP contribution in [-0.4, -0.2) is 41.7 Å². The molecule has 2 rings (SSSR count). The van der Waals surface area contributed by atoms with E-state index in [1.165, 1.54) is 18.2 Å². The van der Waals surface area contributed by atoms with Gasteiger partial charge in [-0.25, -0.2) is 4.39 Å². The third-order valence-corrected chi connectivity index (χ3v) is 2.67. The van der Waals surface area contributed by atoms with E-state index in [9.17, 15) is 14.3 Å². The standard InChI is InChI=1S/C12H14FNO3/c13-9-2-1-3-11(6-9)17-8-12(16)14-5-4-10(15)7-14/h1-3,6,10,15H,4-5,7-8H2/t10-/m0/s1. The summed E-state index contributed by atoms with van der Waals surface area (Å²) in [4.78, 5) is 13.2. The van der Waals surface area contributed by atoms with Gasteiger partial charge in [-0.15, -0.1) is 0 Å². The van der Waals surface area contributed by atoms with Gasteiger partial charge in [-0.2, -0.15) is 0 Å². The molecule has 0 saturated carbocycles. The Balaban J connectivity index is 1.84. The number of carbonyl (C=O) groups excluding carboxylic acids is 1. The first kappa shape index (κ1) is 11.9. The van der Waals surface area contributed by atoms with Gasteiger partial charge in [-0.1, -0.05) is 6.07 Å². The summed E-state index contributed by atoms with van der Waals surface area (Å²) in [6, 6.07) is 5.65. The molecule has 1 aromatic carbocycles. The molecule has 1 saturated heterocycles. The molecule has 1 atom stereocenters. The second-order valence-corrected chi connectivity index (χ2v) is 4.03. The fraction of sp³-hybridized carbons (Fsp3) is 0.417. The van der Waals surface area contributed by atoms with Crippen LogP contribution in [0.5, 0.6) is 5.75 Å². The molecule has 1 fully saturated rings. The number of nitrogens with zero attached hydrogens (tertiary/aromatic N) is 1. The number of carbonyl (C=O) groups is 1. The topological polar surface area (TPSA) is 49.8 Å². The summed E-state index contributed by atoms with van der Waals surface area (Å²) in [6.45, 7) is 0.772. The molecule has 0 spiro atoms. The molecule has 4 nitrogen and oxygen atoms in total. The van der Waals surface area contributed by atoms with Gasteiger partial charge in [0.2, 0.25) is 0 Å². The predicted octanol–water partition coefficient (Wildman–Crippen LogP) is 0.798. The van der Waals surface area contributed by atoms with E-state index in [1.54, 1.807) is 11.0 Å². The molecule has 0 radical (unpaired) electrons. The number of halogens is 1. The molecular formula is C12H14FNO3. The Morgan fingerprint density at radius 1 is 1.59 bits per heavy atom. The summed E-state index contributed by atoms with van der Waals surface area (Å²) in [5, 5.41) is 9.29. The number of amides is 1. The van der Waals surface area contributed by atoms with Gasteiger partial charge in [0.05, 0.1) is 6.10 Å². The van der Waals surface area contributed by atoms with Crippen molar-refractivity contribution in [3.63, 3.8) is 0 Å². The van der Waals surface area contributed by atoms with Crippen molar-refractivity contribution in [1.29, 1.82) is 0 Å². The van der Waals surface area contributed by atoms with Crippen LogP contribution in [0.3, 0.4) is 0 Å². The molecular weight excluding hydrogens is 225 g/mol. The lowest BCUT2D eigenvalue weighted by molar-refractivity contribution is -0.132. The molecule has 5 heteroatoms. The first-order valence-electron chi connectivity index (χ1n) is 5.49. The maximum absolute atomic E-state index is 12.8. The summed E-state index contributed by atoms with van der Waals surface area (Å²) in [5.41, 5.74) is 0. The summed E-state index contributed by atoms with van der Waals surface area (Å²) in [7, 11) is 0. The third kappa shape index (κ3) is 3.17. The number of rotatable bonds is 3. The van der Waals surface area contributed by atoms with Gasteiger partial charge < -0.3 is 14.7 Å². The number of benzene rings is 1. The van der Waals surface area contributed by atoms with Gasteiger partial charge >= 0.3 is 0 Å². The fourth-order valence-corrected chi connectivity index (χ4v) is 1.76. The van der Waals surface area contributed by atoms with E-state index in [4.69, 9.17) is 4.74 Å². The first-order chi connectivity index (χ1) is 8.15. The average Bonchev–Trinajstić information content (AvgIpc) is 2.73. The number of aliphatic hydroxyl groups is 1. The fourth-order valence-electron chi connectivity index (χ4n) is 1.76. The minimum Gasteiger partial charge on any atom is -0.484 e. The molecule has 0 bridgehead atoms. The molecule has 1 aliphatic rings. The summed E-state index contributed by atoms with van der Waals surface area (Å²) in [5.74, 6) is -0.254. The largest absolute Gasteiger partial charge is 0.484 e. The molecule has 0 aliphatic carbocycles. The quantitative estimate of drug-likeness (QED) is 0.848. The van der Waals surface area contributed by atoms with Crippen LogP contribution in [0.25, 0.3) is 0 Å². The number of hydrogen-bond donors (Lipinski definition) is 1. The van der Waals surface area contributed by atoms with Crippen LogP contribution in [0.2, 0.25) is 0 Å². The van der Waals surface area contributed by atoms with Crippen LogP contribution in [0, 0.1) is 5.82 Å². The van der Waals surface area contributed by atoms with Crippen LogP contribution in [0.1, 0.15) is 6.42 Å². The Hall–Kier alpha value is -1.62. The monoisotopic (exact) mass is 239 g/mol. The Labute approximate surface area is 98.6 Å². The van der Waals surface area contributed by atoms with E-state index in [2.05, 4.69) is 0 Å². The number of aliphatic hydroxyl groups excluding tert-OH is 1. The highest BCUT2D eigenvalue weighted by Gasteiger charge is 2.24. The first-order valence-corrected chi connectivity index (χ1v) is 5.49. The van der Waals surface area contributed by atoms with Gasteiger partial charge in [0.25, 0.3) is 5.91 Å². The average molecular weight is 239 g/mol. The van der Waals surface area contributed by atoms with Crippen molar-refractivity contribution in [3.05, 3.63) is 30.1 Å². The van der Waals surface area contributed by atoms with Gasteiger partial charge in [0.15, 0.2) is 6.61 Å². The number of ether oxygens (including phenoxy) is 1. The molecule has 0 unspecified atom stereocenters. The van der Waals surface area contributed by atoms with Gasteiger partial charge in [-0.3, -0.25) is 4.79 Å². The Morgan fingerprint density at radius 2 is 2.41 bits per heavy atom. The molecule has 0 aromatic heterocycles. The van der Waals surface area contributed by atoms with Crippen molar-refractivity contribution in [2.75, 3.05) is 19.7 Å². The van der Waals surface area contributed by atoms with E-state index in [0.29, 0.717) is 25.3 Å². The van der Waals surface area contributed by atoms with Crippen LogP contribution in [0.4, 0.5) is 4.39 Å². The Kier molecular flexibility index (Phi) is 3.58. The Morgan fingerprint density at radius 3 is 3.06 bits per heavy atom. The van der Waals surface area contributed by atoms with E-state index >= 15 is 0 Å². The van der Waals surface area contributed by atoms with Crippen molar-refractivity contribution >= 4 is 5.91 Å². The highest BCUT2D eigenvalue weighted by Crippen LogP contribution is 2.13. The minimum atomic E-state index is -0.437. The third-order valence-electron chi connectivity index (χ3n) is 2.67. The van der Waals surface area contributed by atoms with Crippen molar-refractivity contribution in [3.8, 4) is 5.75 Å². The lowest BCUT2D eigenvalue weighted by atomic mass is 10.3. The van der Waals surface area contributed by atoms with Crippen LogP contribution in [0.15, 0.2) is 24.3 Å². The molecule has 17 heavy (non-hydrogen) atoms. The van der Waals surface area contributed by atoms with Crippen LogP contribution in [-0.2, 0) is 4.79 Å². The van der Waals surface area contributed by atoms with E-state index < -0.39 is 11.9 Å². The highest BCUT2D eigenvalue weighted by molar-refractivity contribution is 5.78. The lowest BCUT2D eigenvalue weighted by Crippen LogP contribution is -2.33. The molecule has 1 aromatic rings. The summed E-state index contributed by atoms with van der Waals surface area (Å²) >= 11 is 0. The lowest BCUT2D eigenvalue weighted by Gasteiger charge is -2.15. The molecule has 1 amide bonds. The second kappa shape index (κ2) is 5.14. The summed E-state index contributed by atoms with van der Waals surface area (Å²) in [6.07, 6.45) is 0.166. The predicted molar refractivity (Wildman–Crippen MR) is 59.1 cm³/mol. The SMILES string of the molecule is O=C(COc1cccc(F)c1)N1CC[C@H](O)C1. The highest BCUT2D eigenvalue weighted by atomic mass is 19.1. The minimum absolute atomic E-state index is 0.129. The van der Waals surface area contributed by atoms with Gasteiger partial charge in [0, 0.05) is 19.2 Å². The van der Waals surface area contributed by atoms with E-state index in [1.807, 2.05) is 0 Å². The maximum atomic E-state index is 12.8. The van der Waals surface area contributed by atoms with Crippen molar-refractivity contribution in [2.45, 2.75) is 12.5 Å². The normalized spacial score (nSPS) is 19.4. The Bertz CT molecular complexity index is 410. The molecule has 1 N–H and O–H groups in total. The van der Waals surface area contributed by atoms with Crippen molar-refractivity contribution in [1.82, 2.24) is 4.90 Å². The molecule has 92 valence electrons. The number of likely N-dealkylation sites (tertiary alicyclic amines) is 1. The zero-order valence-corrected chi connectivity index (χ0v) is 9.30. The number of hydrogen-bond acceptors (Lipinski definition) is 3. The van der Waals surface area contributed by atoms with Gasteiger partial charge in [0.1, 0.15) is 11.6 Å². The van der Waals surface area contributed by atoms with Crippen LogP contribution < -0.4 is 4.74 Å². The van der Waals surface area contributed by atoms with E-state index in [-0.39, 0.29) is 12.5 Å². The number of β-amino-alcohol motifs (C(OH)–C–C–N with tert-alkyl or cyclic N) is 1. The smallest absolute Gasteiger partial charge is 0.260 e.